The van der Waals surface area contributed by atoms with Crippen LogP contribution in [0.2, 0.25) is 0 Å². The second-order valence-corrected chi connectivity index (χ2v) is 10.9. The molecule has 0 bridgehead atoms. The Morgan fingerprint density at radius 1 is 1.28 bits per heavy atom. The number of halogens is 4. The van der Waals surface area contributed by atoms with Crippen LogP contribution in [0, 0.1) is 28.6 Å². The number of carbonyl (C=O) groups is 2. The Bertz CT molecular complexity index is 827. The fraction of sp³-hybridized carbons (Fsp3) is 0.727. The number of allylic oxidation sites excluding steroid dienone is 4. The molecular formula is C22H26Cl2F2O3. The quantitative estimate of drug-likeness (QED) is 0.427. The second kappa shape index (κ2) is 6.78. The van der Waals surface area contributed by atoms with Crippen LogP contribution in [-0.4, -0.2) is 34.8 Å². The van der Waals surface area contributed by atoms with Gasteiger partial charge < -0.3 is 4.74 Å². The van der Waals surface area contributed by atoms with Crippen molar-refractivity contribution in [1.29, 1.82) is 0 Å². The van der Waals surface area contributed by atoms with Gasteiger partial charge in [-0.25, -0.2) is 8.78 Å². The van der Waals surface area contributed by atoms with E-state index in [9.17, 15) is 14.0 Å². The molecule has 4 aliphatic rings. The van der Waals surface area contributed by atoms with E-state index in [0.29, 0.717) is 13.0 Å². The van der Waals surface area contributed by atoms with E-state index in [0.717, 1.165) is 18.9 Å². The van der Waals surface area contributed by atoms with Gasteiger partial charge in [-0.15, -0.1) is 23.2 Å². The van der Waals surface area contributed by atoms with Crippen molar-refractivity contribution in [3.05, 3.63) is 23.6 Å². The molecule has 160 valence electrons. The zero-order valence-electron chi connectivity index (χ0n) is 16.8. The van der Waals surface area contributed by atoms with Crippen LogP contribution in [0.5, 0.6) is 0 Å². The third-order valence-corrected chi connectivity index (χ3v) is 9.58. The Balaban J connectivity index is 1.74. The highest BCUT2D eigenvalue weighted by Gasteiger charge is 2.70. The number of carbonyl (C=O) groups excluding carboxylic acids is 2. The summed E-state index contributed by atoms with van der Waals surface area (Å²) in [5, 5.41) is -0.513. The summed E-state index contributed by atoms with van der Waals surface area (Å²) in [4.78, 5) is 22.0. The first-order chi connectivity index (χ1) is 13.4. The summed E-state index contributed by atoms with van der Waals surface area (Å²) in [5.74, 6) is -2.18. The number of hydrogen-bond donors (Lipinski definition) is 0. The molecule has 0 heterocycles. The minimum Gasteiger partial charge on any atom is -0.466 e. The number of esters is 1. The molecule has 4 aliphatic carbocycles. The molecule has 3 fully saturated rings. The Kier molecular flexibility index (Phi) is 4.98. The molecule has 0 saturated heterocycles. The lowest BCUT2D eigenvalue weighted by Crippen LogP contribution is -2.65. The van der Waals surface area contributed by atoms with E-state index in [1.54, 1.807) is 13.0 Å². The van der Waals surface area contributed by atoms with Crippen LogP contribution in [0.1, 0.15) is 46.5 Å². The molecule has 0 aromatic carbocycles. The predicted octanol–water partition coefficient (Wildman–Crippen LogP) is 5.30. The highest BCUT2D eigenvalue weighted by Crippen LogP contribution is 2.70. The lowest BCUT2D eigenvalue weighted by atomic mass is 9.47. The molecule has 0 aromatic rings. The SMILES string of the molecule is CC(=O)OC[C@@H]1C[C@H]2[C@@H]3C[C@H](F)C4=C(F)C(=O)C=C[C@]4(C)[C@@]3(Cl)[C@@H](Cl)C[C@]2(C)C1. The molecule has 3 saturated carbocycles. The van der Waals surface area contributed by atoms with Gasteiger partial charge in [-0.05, 0) is 54.9 Å². The van der Waals surface area contributed by atoms with Crippen molar-refractivity contribution in [2.24, 2.45) is 28.6 Å². The predicted molar refractivity (Wildman–Crippen MR) is 107 cm³/mol. The second-order valence-electron chi connectivity index (χ2n) is 9.75. The van der Waals surface area contributed by atoms with Crippen LogP contribution in [0.3, 0.4) is 0 Å². The molecule has 0 aliphatic heterocycles. The van der Waals surface area contributed by atoms with Crippen molar-refractivity contribution in [2.45, 2.75) is 62.9 Å². The molecule has 0 unspecified atom stereocenters. The molecule has 0 radical (unpaired) electrons. The first-order valence-corrected chi connectivity index (χ1v) is 11.0. The lowest BCUT2D eigenvalue weighted by Gasteiger charge is -2.63. The normalized spacial score (nSPS) is 48.8. The van der Waals surface area contributed by atoms with E-state index in [4.69, 9.17) is 27.9 Å². The van der Waals surface area contributed by atoms with Crippen molar-refractivity contribution in [1.82, 2.24) is 0 Å². The summed E-state index contributed by atoms with van der Waals surface area (Å²) < 4.78 is 35.3. The summed E-state index contributed by atoms with van der Waals surface area (Å²) in [5.41, 5.74) is -1.47. The number of alkyl halides is 3. The molecule has 0 aromatic heterocycles. The monoisotopic (exact) mass is 446 g/mol. The minimum absolute atomic E-state index is 0.0483. The Morgan fingerprint density at radius 2 is 1.97 bits per heavy atom. The molecule has 4 rings (SSSR count). The molecule has 0 spiro atoms. The van der Waals surface area contributed by atoms with Crippen molar-refractivity contribution < 1.29 is 23.1 Å². The van der Waals surface area contributed by atoms with Gasteiger partial charge in [0.05, 0.1) is 16.9 Å². The molecule has 3 nitrogen and oxygen atoms in total. The summed E-state index contributed by atoms with van der Waals surface area (Å²) >= 11 is 14.2. The van der Waals surface area contributed by atoms with Gasteiger partial charge in [0.15, 0.2) is 5.83 Å². The van der Waals surface area contributed by atoms with Crippen LogP contribution in [0.15, 0.2) is 23.6 Å². The topological polar surface area (TPSA) is 43.4 Å². The Morgan fingerprint density at radius 3 is 2.62 bits per heavy atom. The molecule has 0 N–H and O–H groups in total. The van der Waals surface area contributed by atoms with Gasteiger partial charge >= 0.3 is 5.97 Å². The number of ether oxygens (including phenoxy) is 1. The minimum atomic E-state index is -1.58. The number of ketones is 1. The third kappa shape index (κ3) is 2.86. The van der Waals surface area contributed by atoms with Gasteiger partial charge in [0.2, 0.25) is 5.78 Å². The van der Waals surface area contributed by atoms with E-state index >= 15 is 4.39 Å². The number of rotatable bonds is 2. The van der Waals surface area contributed by atoms with E-state index in [2.05, 4.69) is 6.92 Å². The molecular weight excluding hydrogens is 421 g/mol. The average molecular weight is 447 g/mol. The number of hydrogen-bond acceptors (Lipinski definition) is 3. The number of fused-ring (bicyclic) bond motifs is 5. The van der Waals surface area contributed by atoms with Gasteiger partial charge in [-0.2, -0.15) is 0 Å². The average Bonchev–Trinajstić information content (AvgIpc) is 2.96. The lowest BCUT2D eigenvalue weighted by molar-refractivity contribution is -0.142. The molecule has 29 heavy (non-hydrogen) atoms. The van der Waals surface area contributed by atoms with E-state index in [-0.39, 0.29) is 41.1 Å². The fourth-order valence-electron chi connectivity index (χ4n) is 6.82. The maximum absolute atomic E-state index is 15.3. The van der Waals surface area contributed by atoms with Crippen molar-refractivity contribution in [3.8, 4) is 0 Å². The molecule has 8 atom stereocenters. The van der Waals surface area contributed by atoms with Gasteiger partial charge in [-0.3, -0.25) is 9.59 Å². The largest absolute Gasteiger partial charge is 0.466 e. The highest BCUT2D eigenvalue weighted by molar-refractivity contribution is 6.34. The van der Waals surface area contributed by atoms with E-state index in [1.807, 2.05) is 0 Å². The van der Waals surface area contributed by atoms with Crippen molar-refractivity contribution in [2.75, 3.05) is 6.61 Å². The first-order valence-electron chi connectivity index (χ1n) is 10.2. The zero-order chi connectivity index (χ0) is 21.4. The Labute approximate surface area is 179 Å². The maximum Gasteiger partial charge on any atom is 0.302 e. The first kappa shape index (κ1) is 21.3. The summed E-state index contributed by atoms with van der Waals surface area (Å²) in [6, 6.07) is 0. The summed E-state index contributed by atoms with van der Waals surface area (Å²) in [6.07, 6.45) is 3.39. The standard InChI is InChI=1S/C22H26Cl2F2O3/c1-11(27)29-10-12-6-13-14-7-15(25)18-19(26)16(28)4-5-21(18,3)22(14,24)17(23)9-20(13,2)8-12/h4-5,12-15,17H,6-10H2,1-3H3/t12-,13+,14+,15+,17+,20+,21+,22+/m1/s1. The molecule has 7 heteroatoms. The van der Waals surface area contributed by atoms with Crippen molar-refractivity contribution in [3.63, 3.8) is 0 Å². The van der Waals surface area contributed by atoms with Crippen molar-refractivity contribution >= 4 is 35.0 Å². The van der Waals surface area contributed by atoms with E-state index < -0.39 is 33.4 Å². The van der Waals surface area contributed by atoms with Gasteiger partial charge in [0, 0.05) is 17.9 Å². The van der Waals surface area contributed by atoms with Gasteiger partial charge in [0.25, 0.3) is 0 Å². The van der Waals surface area contributed by atoms with Crippen LogP contribution < -0.4 is 0 Å². The van der Waals surface area contributed by atoms with Gasteiger partial charge in [0.1, 0.15) is 6.17 Å². The van der Waals surface area contributed by atoms with Crippen LogP contribution in [-0.2, 0) is 14.3 Å². The Hall–Kier alpha value is -0.940. The highest BCUT2D eigenvalue weighted by atomic mass is 35.5. The van der Waals surface area contributed by atoms with Crippen LogP contribution in [0.25, 0.3) is 0 Å². The maximum atomic E-state index is 15.3. The summed E-state index contributed by atoms with van der Waals surface area (Å²) in [7, 11) is 0. The summed E-state index contributed by atoms with van der Waals surface area (Å²) in [6.45, 7) is 5.58. The molecule has 0 amide bonds. The smallest absolute Gasteiger partial charge is 0.302 e. The van der Waals surface area contributed by atoms with Crippen LogP contribution in [0.4, 0.5) is 8.78 Å². The van der Waals surface area contributed by atoms with Crippen LogP contribution >= 0.6 is 23.2 Å². The van der Waals surface area contributed by atoms with E-state index in [1.165, 1.54) is 6.92 Å². The zero-order valence-corrected chi connectivity index (χ0v) is 18.3. The fourth-order valence-corrected chi connectivity index (χ4v) is 8.04. The van der Waals surface area contributed by atoms with Gasteiger partial charge in [-0.1, -0.05) is 19.9 Å². The third-order valence-electron chi connectivity index (χ3n) is 8.04.